The summed E-state index contributed by atoms with van der Waals surface area (Å²) in [6.07, 6.45) is -1.52. The van der Waals surface area contributed by atoms with Crippen LogP contribution in [0.1, 0.15) is 41.4 Å². The molecule has 0 spiro atoms. The van der Waals surface area contributed by atoms with Crippen molar-refractivity contribution in [2.75, 3.05) is 25.0 Å². The van der Waals surface area contributed by atoms with Gasteiger partial charge < -0.3 is 19.3 Å². The highest BCUT2D eigenvalue weighted by atomic mass is 32.2. The van der Waals surface area contributed by atoms with Crippen molar-refractivity contribution in [3.05, 3.63) is 95.1 Å². The van der Waals surface area contributed by atoms with Crippen LogP contribution >= 0.6 is 11.8 Å². The summed E-state index contributed by atoms with van der Waals surface area (Å²) in [6.45, 7) is 8.13. The van der Waals surface area contributed by atoms with Gasteiger partial charge in [-0.05, 0) is 42.7 Å². The molecule has 0 bridgehead atoms. The molecule has 0 fully saturated rings. The van der Waals surface area contributed by atoms with Crippen LogP contribution in [-0.4, -0.2) is 49.1 Å². The van der Waals surface area contributed by atoms with E-state index in [9.17, 15) is 14.4 Å². The van der Waals surface area contributed by atoms with E-state index < -0.39 is 23.4 Å². The van der Waals surface area contributed by atoms with Crippen LogP contribution in [0.25, 0.3) is 0 Å². The average Bonchev–Trinajstić information content (AvgIpc) is 3.05. The maximum atomic E-state index is 14.2. The summed E-state index contributed by atoms with van der Waals surface area (Å²) in [5, 5.41) is -0.435. The highest BCUT2D eigenvalue weighted by Gasteiger charge is 2.41. The van der Waals surface area contributed by atoms with Crippen molar-refractivity contribution < 1.29 is 23.9 Å². The van der Waals surface area contributed by atoms with E-state index in [0.717, 1.165) is 32.8 Å². The molecule has 0 aromatic heterocycles. The number of hydrogen-bond donors (Lipinski definition) is 0. The second-order valence-electron chi connectivity index (χ2n) is 10.4. The number of thioether (sulfide) groups is 1. The minimum atomic E-state index is -1.04. The second-order valence-corrected chi connectivity index (χ2v) is 11.6. The molecule has 0 N–H and O–H groups in total. The molecule has 2 atom stereocenters. The summed E-state index contributed by atoms with van der Waals surface area (Å²) in [4.78, 5) is 43.7. The van der Waals surface area contributed by atoms with Gasteiger partial charge in [-0.1, -0.05) is 80.1 Å². The largest absolute Gasteiger partial charge is 0.450 e. The van der Waals surface area contributed by atoms with E-state index >= 15 is 0 Å². The van der Waals surface area contributed by atoms with Crippen LogP contribution in [0.2, 0.25) is 0 Å². The van der Waals surface area contributed by atoms with Gasteiger partial charge >= 0.3 is 12.1 Å². The summed E-state index contributed by atoms with van der Waals surface area (Å²) < 4.78 is 11.4. The van der Waals surface area contributed by atoms with Gasteiger partial charge in [-0.3, -0.25) is 9.59 Å². The lowest BCUT2D eigenvalue weighted by Gasteiger charge is -2.29. The fourth-order valence-electron chi connectivity index (χ4n) is 4.31. The summed E-state index contributed by atoms with van der Waals surface area (Å²) >= 11 is 1.52. The highest BCUT2D eigenvalue weighted by Crippen LogP contribution is 2.47. The molecule has 1 heterocycles. The molecular formula is C32H36N2O5S. The van der Waals surface area contributed by atoms with Crippen LogP contribution in [-0.2, 0) is 25.7 Å². The van der Waals surface area contributed by atoms with E-state index in [2.05, 4.69) is 0 Å². The Kier molecular flexibility index (Phi) is 9.53. The van der Waals surface area contributed by atoms with Crippen molar-refractivity contribution in [1.82, 2.24) is 4.90 Å². The van der Waals surface area contributed by atoms with E-state index in [1.807, 2.05) is 86.6 Å². The van der Waals surface area contributed by atoms with Crippen LogP contribution in [0.3, 0.4) is 0 Å². The molecule has 0 saturated heterocycles. The number of ether oxygens (including phenoxy) is 2. The summed E-state index contributed by atoms with van der Waals surface area (Å²) in [6, 6.07) is 23.4. The first-order valence-electron chi connectivity index (χ1n) is 13.4. The number of carbonyl (C=O) groups excluding carboxylic acids is 3. The zero-order chi connectivity index (χ0) is 28.8. The number of aryl methyl sites for hydroxylation is 2. The molecule has 1 aliphatic heterocycles. The molecule has 8 heteroatoms. The molecule has 3 aromatic rings. The first kappa shape index (κ1) is 29.2. The third-order valence-corrected chi connectivity index (χ3v) is 8.09. The fourth-order valence-corrected chi connectivity index (χ4v) is 5.73. The minimum absolute atomic E-state index is 0.164. The van der Waals surface area contributed by atoms with Crippen molar-refractivity contribution in [3.63, 3.8) is 0 Å². The van der Waals surface area contributed by atoms with Crippen molar-refractivity contribution in [3.8, 4) is 0 Å². The molecule has 0 unspecified atom stereocenters. The van der Waals surface area contributed by atoms with Gasteiger partial charge in [-0.25, -0.2) is 4.79 Å². The zero-order valence-electron chi connectivity index (χ0n) is 23.6. The molecule has 0 radical (unpaired) electrons. The SMILES string of the molecule is Cc1ccc([C@H]2Sc3cc(C)ccc3N(CCN(C)C(=O)OCc3ccccc3)C(=O)[C@H]2OC(=O)C(C)C)cc1. The Morgan fingerprint density at radius 1 is 0.975 bits per heavy atom. The van der Waals surface area contributed by atoms with E-state index in [0.29, 0.717) is 0 Å². The molecule has 7 nitrogen and oxygen atoms in total. The Bertz CT molecular complexity index is 1340. The van der Waals surface area contributed by atoms with Gasteiger partial charge in [0.2, 0.25) is 0 Å². The number of fused-ring (bicyclic) bond motifs is 1. The van der Waals surface area contributed by atoms with Crippen LogP contribution in [0.4, 0.5) is 10.5 Å². The number of likely N-dealkylation sites (N-methyl/N-ethyl adjacent to an activating group) is 1. The number of hydrogen-bond acceptors (Lipinski definition) is 6. The van der Waals surface area contributed by atoms with Gasteiger partial charge in [0, 0.05) is 25.0 Å². The number of anilines is 1. The van der Waals surface area contributed by atoms with Crippen LogP contribution in [0.5, 0.6) is 0 Å². The summed E-state index contributed by atoms with van der Waals surface area (Å²) in [5.41, 5.74) is 4.68. The fraction of sp³-hybridized carbons (Fsp3) is 0.344. The number of nitrogens with zero attached hydrogens (tertiary/aromatic N) is 2. The monoisotopic (exact) mass is 560 g/mol. The molecule has 1 aliphatic rings. The van der Waals surface area contributed by atoms with Gasteiger partial charge in [-0.2, -0.15) is 0 Å². The third kappa shape index (κ3) is 7.04. The van der Waals surface area contributed by atoms with E-state index in [1.54, 1.807) is 25.8 Å². The number of rotatable bonds is 8. The maximum absolute atomic E-state index is 14.2. The maximum Gasteiger partial charge on any atom is 0.409 e. The van der Waals surface area contributed by atoms with Crippen molar-refractivity contribution in [2.45, 2.75) is 50.6 Å². The minimum Gasteiger partial charge on any atom is -0.450 e. The van der Waals surface area contributed by atoms with Crippen molar-refractivity contribution >= 4 is 35.4 Å². The van der Waals surface area contributed by atoms with E-state index in [-0.39, 0.29) is 31.5 Å². The summed E-state index contributed by atoms with van der Waals surface area (Å²) in [7, 11) is 1.64. The Hall–Kier alpha value is -3.78. The standard InChI is InChI=1S/C32H36N2O5S/c1-21(2)31(36)39-28-29(25-14-11-22(3)12-15-25)40-27-19-23(4)13-16-26(27)34(30(28)35)18-17-33(5)32(37)38-20-24-9-7-6-8-10-24/h6-16,19,21,28-29H,17-18,20H2,1-5H3/t28-,29+/m0/s1. The van der Waals surface area contributed by atoms with Gasteiger partial charge in [0.1, 0.15) is 6.61 Å². The lowest BCUT2D eigenvalue weighted by Crippen LogP contribution is -2.46. The first-order chi connectivity index (χ1) is 19.1. The Labute approximate surface area is 240 Å². The molecule has 0 aliphatic carbocycles. The lowest BCUT2D eigenvalue weighted by molar-refractivity contribution is -0.158. The predicted molar refractivity (Wildman–Crippen MR) is 157 cm³/mol. The normalized spacial score (nSPS) is 16.8. The molecule has 0 saturated carbocycles. The molecule has 2 amide bonds. The van der Waals surface area contributed by atoms with Gasteiger partial charge in [-0.15, -0.1) is 11.8 Å². The Morgan fingerprint density at radius 3 is 2.33 bits per heavy atom. The highest BCUT2D eigenvalue weighted by molar-refractivity contribution is 7.99. The predicted octanol–water partition coefficient (Wildman–Crippen LogP) is 6.32. The molecular weight excluding hydrogens is 524 g/mol. The van der Waals surface area contributed by atoms with Crippen molar-refractivity contribution in [2.24, 2.45) is 5.92 Å². The number of amides is 2. The molecule has 40 heavy (non-hydrogen) atoms. The molecule has 210 valence electrons. The molecule has 3 aromatic carbocycles. The van der Waals surface area contributed by atoms with E-state index in [1.165, 1.54) is 16.7 Å². The van der Waals surface area contributed by atoms with Gasteiger partial charge in [0.25, 0.3) is 5.91 Å². The van der Waals surface area contributed by atoms with Gasteiger partial charge in [0.05, 0.1) is 16.9 Å². The Morgan fingerprint density at radius 2 is 1.65 bits per heavy atom. The van der Waals surface area contributed by atoms with E-state index in [4.69, 9.17) is 9.47 Å². The topological polar surface area (TPSA) is 76.2 Å². The number of carbonyl (C=O) groups is 3. The second kappa shape index (κ2) is 13.0. The lowest BCUT2D eigenvalue weighted by atomic mass is 10.0. The zero-order valence-corrected chi connectivity index (χ0v) is 24.4. The van der Waals surface area contributed by atoms with Gasteiger partial charge in [0.15, 0.2) is 6.10 Å². The quantitative estimate of drug-likeness (QED) is 0.300. The van der Waals surface area contributed by atoms with Crippen molar-refractivity contribution in [1.29, 1.82) is 0 Å². The summed E-state index contributed by atoms with van der Waals surface area (Å²) in [5.74, 6) is -1.14. The first-order valence-corrected chi connectivity index (χ1v) is 14.3. The number of benzene rings is 3. The number of esters is 1. The third-order valence-electron chi connectivity index (χ3n) is 6.74. The molecule has 4 rings (SSSR count). The smallest absolute Gasteiger partial charge is 0.409 e. The van der Waals surface area contributed by atoms with Crippen LogP contribution in [0, 0.1) is 19.8 Å². The average molecular weight is 561 g/mol. The Balaban J connectivity index is 1.61. The van der Waals surface area contributed by atoms with Crippen LogP contribution < -0.4 is 4.90 Å². The van der Waals surface area contributed by atoms with Crippen LogP contribution in [0.15, 0.2) is 77.7 Å².